The van der Waals surface area contributed by atoms with Crippen LogP contribution in [0.15, 0.2) is 9.79 Å². The minimum absolute atomic E-state index is 0.161. The highest BCUT2D eigenvalue weighted by atomic mass is 16.5. The average Bonchev–Trinajstić information content (AvgIpc) is 2.60. The van der Waals surface area contributed by atoms with Crippen LogP contribution in [-0.4, -0.2) is 48.0 Å². The maximum atomic E-state index is 12.0. The molecule has 0 aliphatic heterocycles. The van der Waals surface area contributed by atoms with Crippen LogP contribution in [0.4, 0.5) is 11.6 Å². The zero-order valence-corrected chi connectivity index (χ0v) is 19.3. The summed E-state index contributed by atoms with van der Waals surface area (Å²) >= 11 is 0. The molecule has 0 radical (unpaired) electrons. The summed E-state index contributed by atoms with van der Waals surface area (Å²) in [6.07, 6.45) is 3.22. The van der Waals surface area contributed by atoms with Gasteiger partial charge >= 0.3 is 0 Å². The lowest BCUT2D eigenvalue weighted by molar-refractivity contribution is -0.118. The predicted octanol–water partition coefficient (Wildman–Crippen LogP) is 3.87. The van der Waals surface area contributed by atoms with Crippen LogP contribution in [0.5, 0.6) is 0 Å². The lowest BCUT2D eigenvalue weighted by atomic mass is 10.1. The number of nitrogens with one attached hydrogen (secondary N) is 2. The molecule has 166 valence electrons. The average molecular weight is 411 g/mol. The van der Waals surface area contributed by atoms with Crippen LogP contribution in [0.25, 0.3) is 0 Å². The zero-order chi connectivity index (χ0) is 22.6. The van der Waals surface area contributed by atoms with Crippen LogP contribution < -0.4 is 10.9 Å². The lowest BCUT2D eigenvalue weighted by Crippen LogP contribution is -2.22. The van der Waals surface area contributed by atoms with Crippen molar-refractivity contribution in [3.63, 3.8) is 0 Å². The first-order valence-electron chi connectivity index (χ1n) is 10.1. The van der Waals surface area contributed by atoms with Gasteiger partial charge in [-0.1, -0.05) is 27.7 Å². The number of rotatable bonds is 9. The second-order valence-electron chi connectivity index (χ2n) is 7.61. The standard InChI is InChI=1S/C14H22N4O2.C7H16O2/c1-6-9(4)7-15-11-10(5)16-14(18-13(11)20)17-12(19)8(2)3;1-6(2)9-7(3)5-8-4/h7-9H,6H2,1-5H3,(H2,16,17,18,19,20);6-7H,5H2,1-4H3. The van der Waals surface area contributed by atoms with Gasteiger partial charge in [-0.25, -0.2) is 4.98 Å². The molecule has 0 aliphatic rings. The molecule has 0 aliphatic carbocycles. The minimum atomic E-state index is -0.351. The number of hydrogen-bond acceptors (Lipinski definition) is 6. The molecule has 1 amide bonds. The van der Waals surface area contributed by atoms with Crippen LogP contribution in [0.2, 0.25) is 0 Å². The Balaban J connectivity index is 0.000000734. The van der Waals surface area contributed by atoms with Gasteiger partial charge < -0.3 is 9.47 Å². The number of anilines is 1. The molecule has 1 heterocycles. The van der Waals surface area contributed by atoms with Gasteiger partial charge in [-0.3, -0.25) is 24.9 Å². The molecule has 1 aromatic rings. The Morgan fingerprint density at radius 2 is 1.86 bits per heavy atom. The third kappa shape index (κ3) is 11.5. The number of H-pyrrole nitrogens is 1. The fourth-order valence-electron chi connectivity index (χ4n) is 2.10. The first kappa shape index (κ1) is 26.9. The molecular weight excluding hydrogens is 372 g/mol. The topological polar surface area (TPSA) is 106 Å². The van der Waals surface area contributed by atoms with E-state index in [1.165, 1.54) is 0 Å². The summed E-state index contributed by atoms with van der Waals surface area (Å²) in [6, 6.07) is 0. The van der Waals surface area contributed by atoms with E-state index in [0.717, 1.165) is 6.42 Å². The summed E-state index contributed by atoms with van der Waals surface area (Å²) in [4.78, 5) is 34.4. The molecule has 0 spiro atoms. The van der Waals surface area contributed by atoms with Crippen LogP contribution in [0.3, 0.4) is 0 Å². The maximum absolute atomic E-state index is 12.0. The minimum Gasteiger partial charge on any atom is -0.382 e. The molecule has 2 N–H and O–H groups in total. The number of aryl methyl sites for hydroxylation is 1. The van der Waals surface area contributed by atoms with Gasteiger partial charge in [0.1, 0.15) is 5.69 Å². The monoisotopic (exact) mass is 410 g/mol. The van der Waals surface area contributed by atoms with Crippen molar-refractivity contribution in [2.75, 3.05) is 19.0 Å². The van der Waals surface area contributed by atoms with Crippen molar-refractivity contribution in [3.05, 3.63) is 16.0 Å². The van der Waals surface area contributed by atoms with Gasteiger partial charge in [0.25, 0.3) is 5.56 Å². The molecule has 0 bridgehead atoms. The number of aromatic nitrogens is 2. The zero-order valence-electron chi connectivity index (χ0n) is 19.3. The number of hydrogen-bond donors (Lipinski definition) is 2. The largest absolute Gasteiger partial charge is 0.382 e. The fraction of sp³-hybridized carbons (Fsp3) is 0.714. The van der Waals surface area contributed by atoms with E-state index >= 15 is 0 Å². The summed E-state index contributed by atoms with van der Waals surface area (Å²) in [7, 11) is 1.68. The Bertz CT molecular complexity index is 698. The van der Waals surface area contributed by atoms with Gasteiger partial charge in [-0.05, 0) is 40.0 Å². The van der Waals surface area contributed by atoms with Crippen molar-refractivity contribution < 1.29 is 14.3 Å². The Morgan fingerprint density at radius 1 is 1.24 bits per heavy atom. The predicted molar refractivity (Wildman–Crippen MR) is 118 cm³/mol. The molecule has 8 nitrogen and oxygen atoms in total. The molecular formula is C21H38N4O4. The van der Waals surface area contributed by atoms with E-state index in [-0.39, 0.29) is 35.1 Å². The third-order valence-corrected chi connectivity index (χ3v) is 3.84. The van der Waals surface area contributed by atoms with Crippen molar-refractivity contribution in [2.45, 2.75) is 74.0 Å². The van der Waals surface area contributed by atoms with Gasteiger partial charge in [-0.15, -0.1) is 0 Å². The Kier molecular flexibility index (Phi) is 13.0. The smallest absolute Gasteiger partial charge is 0.278 e. The molecule has 29 heavy (non-hydrogen) atoms. The van der Waals surface area contributed by atoms with Gasteiger partial charge in [0.2, 0.25) is 11.9 Å². The van der Waals surface area contributed by atoms with E-state index in [9.17, 15) is 9.59 Å². The van der Waals surface area contributed by atoms with E-state index in [0.29, 0.717) is 24.3 Å². The summed E-state index contributed by atoms with van der Waals surface area (Å²) in [5.41, 5.74) is 0.427. The summed E-state index contributed by atoms with van der Waals surface area (Å²) in [5, 5.41) is 2.57. The number of nitrogens with zero attached hydrogens (tertiary/aromatic N) is 2. The van der Waals surface area contributed by atoms with E-state index < -0.39 is 0 Å². The first-order chi connectivity index (χ1) is 13.5. The number of methoxy groups -OCH3 is 1. The van der Waals surface area contributed by atoms with Crippen molar-refractivity contribution in [3.8, 4) is 0 Å². The number of ether oxygens (including phenoxy) is 2. The Labute approximate surface area is 174 Å². The van der Waals surface area contributed by atoms with E-state index in [2.05, 4.69) is 27.2 Å². The van der Waals surface area contributed by atoms with Crippen molar-refractivity contribution >= 4 is 23.8 Å². The molecule has 0 fully saturated rings. The highest BCUT2D eigenvalue weighted by Crippen LogP contribution is 2.12. The maximum Gasteiger partial charge on any atom is 0.278 e. The molecule has 1 rings (SSSR count). The molecule has 0 saturated heterocycles. The second-order valence-corrected chi connectivity index (χ2v) is 7.61. The normalized spacial score (nSPS) is 13.3. The summed E-state index contributed by atoms with van der Waals surface area (Å²) < 4.78 is 10.2. The van der Waals surface area contributed by atoms with Crippen molar-refractivity contribution in [1.82, 2.24) is 9.97 Å². The third-order valence-electron chi connectivity index (χ3n) is 3.84. The van der Waals surface area contributed by atoms with Crippen LogP contribution in [-0.2, 0) is 14.3 Å². The number of carbonyl (C=O) groups excluding carboxylic acids is 1. The van der Waals surface area contributed by atoms with E-state index in [4.69, 9.17) is 9.47 Å². The molecule has 0 saturated carbocycles. The summed E-state index contributed by atoms with van der Waals surface area (Å²) in [6.45, 7) is 16.0. The van der Waals surface area contributed by atoms with Gasteiger partial charge in [0.15, 0.2) is 0 Å². The number of carbonyl (C=O) groups is 1. The van der Waals surface area contributed by atoms with E-state index in [1.807, 2.05) is 27.7 Å². The molecule has 1 aromatic heterocycles. The molecule has 2 atom stereocenters. The first-order valence-corrected chi connectivity index (χ1v) is 10.1. The molecule has 8 heteroatoms. The summed E-state index contributed by atoms with van der Waals surface area (Å²) in [5.74, 6) is 0.0925. The van der Waals surface area contributed by atoms with Crippen molar-refractivity contribution in [2.24, 2.45) is 16.8 Å². The van der Waals surface area contributed by atoms with Gasteiger partial charge in [-0.2, -0.15) is 0 Å². The van der Waals surface area contributed by atoms with Crippen molar-refractivity contribution in [1.29, 1.82) is 0 Å². The van der Waals surface area contributed by atoms with Gasteiger partial charge in [0, 0.05) is 19.2 Å². The number of amides is 1. The van der Waals surface area contributed by atoms with Crippen LogP contribution in [0, 0.1) is 18.8 Å². The highest BCUT2D eigenvalue weighted by molar-refractivity contribution is 5.90. The Morgan fingerprint density at radius 3 is 2.31 bits per heavy atom. The number of aliphatic imine (C=N–C) groups is 1. The number of aromatic amines is 1. The second kappa shape index (κ2) is 14.0. The Hall–Kier alpha value is -2.06. The molecule has 0 aromatic carbocycles. The quantitative estimate of drug-likeness (QED) is 0.601. The fourth-order valence-corrected chi connectivity index (χ4v) is 2.10. The highest BCUT2D eigenvalue weighted by Gasteiger charge is 2.11. The SMILES string of the molecule is CCC(C)C=Nc1c(C)nc(NC(=O)C(C)C)[nH]c1=O.COCC(C)OC(C)C. The van der Waals surface area contributed by atoms with E-state index in [1.54, 1.807) is 34.1 Å². The van der Waals surface area contributed by atoms with Crippen LogP contribution in [0.1, 0.15) is 60.6 Å². The lowest BCUT2D eigenvalue weighted by Gasteiger charge is -2.14. The van der Waals surface area contributed by atoms with Crippen LogP contribution >= 0.6 is 0 Å². The molecule has 2 unspecified atom stereocenters. The van der Waals surface area contributed by atoms with Gasteiger partial charge in [0.05, 0.1) is 24.5 Å².